The van der Waals surface area contributed by atoms with E-state index < -0.39 is 0 Å². The number of benzene rings is 2. The molecule has 3 heteroatoms. The molecular weight excluding hydrogens is 238 g/mol. The number of carbonyl (C=O) groups excluding carboxylic acids is 1. The Morgan fingerprint density at radius 2 is 1.95 bits per heavy atom. The standard InChI is InChI=1S/C16H15NO2/c18-16-15-10-14(7-6-13(15)8-9-17-16)19-11-12-4-2-1-3-5-12/h1-7,10H,8-9,11H2,(H,17,18). The first-order valence-corrected chi connectivity index (χ1v) is 6.41. The molecule has 19 heavy (non-hydrogen) atoms. The molecule has 2 aromatic carbocycles. The Morgan fingerprint density at radius 3 is 2.79 bits per heavy atom. The van der Waals surface area contributed by atoms with Crippen molar-refractivity contribution < 1.29 is 9.53 Å². The van der Waals surface area contributed by atoms with E-state index in [4.69, 9.17) is 4.74 Å². The quantitative estimate of drug-likeness (QED) is 0.913. The van der Waals surface area contributed by atoms with Gasteiger partial charge in [0.2, 0.25) is 0 Å². The minimum atomic E-state index is -0.00795. The van der Waals surface area contributed by atoms with Crippen LogP contribution in [0.4, 0.5) is 0 Å². The van der Waals surface area contributed by atoms with Crippen LogP contribution in [-0.4, -0.2) is 12.5 Å². The molecule has 0 atom stereocenters. The van der Waals surface area contributed by atoms with E-state index in [-0.39, 0.29) is 5.91 Å². The maximum Gasteiger partial charge on any atom is 0.251 e. The molecule has 0 fully saturated rings. The van der Waals surface area contributed by atoms with Crippen LogP contribution in [0.3, 0.4) is 0 Å². The summed E-state index contributed by atoms with van der Waals surface area (Å²) in [6.07, 6.45) is 0.889. The lowest BCUT2D eigenvalue weighted by atomic mass is 10.0. The third kappa shape index (κ3) is 2.60. The second kappa shape index (κ2) is 5.14. The van der Waals surface area contributed by atoms with Gasteiger partial charge in [-0.2, -0.15) is 0 Å². The Hall–Kier alpha value is -2.29. The van der Waals surface area contributed by atoms with Gasteiger partial charge in [0.25, 0.3) is 5.91 Å². The molecule has 1 heterocycles. The molecular formula is C16H15NO2. The van der Waals surface area contributed by atoms with Crippen molar-refractivity contribution >= 4 is 5.91 Å². The molecule has 0 radical (unpaired) electrons. The summed E-state index contributed by atoms with van der Waals surface area (Å²) in [6.45, 7) is 1.23. The van der Waals surface area contributed by atoms with E-state index in [1.807, 2.05) is 48.5 Å². The molecule has 0 aromatic heterocycles. The zero-order valence-corrected chi connectivity index (χ0v) is 10.6. The van der Waals surface area contributed by atoms with Crippen molar-refractivity contribution in [1.29, 1.82) is 0 Å². The van der Waals surface area contributed by atoms with Crippen LogP contribution in [0.5, 0.6) is 5.75 Å². The molecule has 2 aromatic rings. The molecule has 0 spiro atoms. The zero-order chi connectivity index (χ0) is 13.1. The average Bonchev–Trinajstić information content (AvgIpc) is 2.47. The third-order valence-electron chi connectivity index (χ3n) is 3.25. The number of carbonyl (C=O) groups is 1. The Morgan fingerprint density at radius 1 is 1.11 bits per heavy atom. The fraction of sp³-hybridized carbons (Fsp3) is 0.188. The Balaban J connectivity index is 1.75. The molecule has 0 bridgehead atoms. The van der Waals surface area contributed by atoms with Crippen molar-refractivity contribution in [3.05, 3.63) is 65.2 Å². The second-order valence-electron chi connectivity index (χ2n) is 4.60. The molecule has 0 saturated heterocycles. The van der Waals surface area contributed by atoms with Gasteiger partial charge in [0.05, 0.1) is 0 Å². The van der Waals surface area contributed by atoms with Crippen LogP contribution >= 0.6 is 0 Å². The Bertz CT molecular complexity index is 593. The van der Waals surface area contributed by atoms with Gasteiger partial charge < -0.3 is 10.1 Å². The van der Waals surface area contributed by atoms with Gasteiger partial charge in [-0.15, -0.1) is 0 Å². The molecule has 1 aliphatic heterocycles. The van der Waals surface area contributed by atoms with Crippen molar-refractivity contribution in [2.45, 2.75) is 13.0 Å². The maximum absolute atomic E-state index is 11.7. The topological polar surface area (TPSA) is 38.3 Å². The van der Waals surface area contributed by atoms with Gasteiger partial charge in [0.15, 0.2) is 0 Å². The molecule has 1 aliphatic rings. The average molecular weight is 253 g/mol. The molecule has 1 amide bonds. The van der Waals surface area contributed by atoms with Gasteiger partial charge in [-0.1, -0.05) is 36.4 Å². The van der Waals surface area contributed by atoms with Crippen molar-refractivity contribution in [3.8, 4) is 5.75 Å². The van der Waals surface area contributed by atoms with Crippen LogP contribution in [0.25, 0.3) is 0 Å². The minimum Gasteiger partial charge on any atom is -0.489 e. The fourth-order valence-corrected chi connectivity index (χ4v) is 2.22. The van der Waals surface area contributed by atoms with Crippen LogP contribution in [0.1, 0.15) is 21.5 Å². The highest BCUT2D eigenvalue weighted by Crippen LogP contribution is 2.21. The van der Waals surface area contributed by atoms with Gasteiger partial charge >= 0.3 is 0 Å². The predicted molar refractivity (Wildman–Crippen MR) is 73.3 cm³/mol. The molecule has 0 aliphatic carbocycles. The Kier molecular flexibility index (Phi) is 3.19. The molecule has 0 saturated carbocycles. The smallest absolute Gasteiger partial charge is 0.251 e. The van der Waals surface area contributed by atoms with E-state index in [9.17, 15) is 4.79 Å². The van der Waals surface area contributed by atoms with Gasteiger partial charge in [-0.05, 0) is 29.7 Å². The maximum atomic E-state index is 11.7. The molecule has 1 N–H and O–H groups in total. The number of ether oxygens (including phenoxy) is 1. The lowest BCUT2D eigenvalue weighted by molar-refractivity contribution is 0.0945. The largest absolute Gasteiger partial charge is 0.489 e. The molecule has 0 unspecified atom stereocenters. The van der Waals surface area contributed by atoms with Gasteiger partial charge in [-0.3, -0.25) is 4.79 Å². The zero-order valence-electron chi connectivity index (χ0n) is 10.6. The number of fused-ring (bicyclic) bond motifs is 1. The van der Waals surface area contributed by atoms with Crippen LogP contribution in [0.2, 0.25) is 0 Å². The van der Waals surface area contributed by atoms with E-state index >= 15 is 0 Å². The fourth-order valence-electron chi connectivity index (χ4n) is 2.22. The molecule has 3 nitrogen and oxygen atoms in total. The summed E-state index contributed by atoms with van der Waals surface area (Å²) in [4.78, 5) is 11.7. The van der Waals surface area contributed by atoms with Crippen molar-refractivity contribution in [2.24, 2.45) is 0 Å². The highest BCUT2D eigenvalue weighted by molar-refractivity contribution is 5.97. The lowest BCUT2D eigenvalue weighted by Crippen LogP contribution is -2.31. The highest BCUT2D eigenvalue weighted by atomic mass is 16.5. The number of hydrogen-bond acceptors (Lipinski definition) is 2. The monoisotopic (exact) mass is 253 g/mol. The van der Waals surface area contributed by atoms with Crippen LogP contribution in [0.15, 0.2) is 48.5 Å². The minimum absolute atomic E-state index is 0.00795. The van der Waals surface area contributed by atoms with E-state index in [1.165, 1.54) is 0 Å². The first-order valence-electron chi connectivity index (χ1n) is 6.41. The molecule has 96 valence electrons. The SMILES string of the molecule is O=C1NCCc2ccc(OCc3ccccc3)cc21. The summed E-state index contributed by atoms with van der Waals surface area (Å²) in [5, 5.41) is 2.84. The second-order valence-corrected chi connectivity index (χ2v) is 4.60. The summed E-state index contributed by atoms with van der Waals surface area (Å²) in [6, 6.07) is 15.7. The van der Waals surface area contributed by atoms with E-state index in [0.29, 0.717) is 6.61 Å². The number of rotatable bonds is 3. The number of amides is 1. The summed E-state index contributed by atoms with van der Waals surface area (Å²) in [7, 11) is 0. The van der Waals surface area contributed by atoms with E-state index in [1.54, 1.807) is 0 Å². The van der Waals surface area contributed by atoms with Crippen LogP contribution in [0, 0.1) is 0 Å². The van der Waals surface area contributed by atoms with Gasteiger partial charge in [0, 0.05) is 12.1 Å². The lowest BCUT2D eigenvalue weighted by Gasteiger charge is -2.17. The highest BCUT2D eigenvalue weighted by Gasteiger charge is 2.16. The van der Waals surface area contributed by atoms with E-state index in [0.717, 1.165) is 35.4 Å². The summed E-state index contributed by atoms with van der Waals surface area (Å²) in [5.74, 6) is 0.728. The first-order chi connectivity index (χ1) is 9.33. The number of nitrogens with one attached hydrogen (secondary N) is 1. The van der Waals surface area contributed by atoms with Crippen molar-refractivity contribution in [1.82, 2.24) is 5.32 Å². The third-order valence-corrected chi connectivity index (χ3v) is 3.25. The van der Waals surface area contributed by atoms with Crippen molar-refractivity contribution in [2.75, 3.05) is 6.54 Å². The van der Waals surface area contributed by atoms with Crippen LogP contribution < -0.4 is 10.1 Å². The summed E-state index contributed by atoms with van der Waals surface area (Å²) < 4.78 is 5.73. The van der Waals surface area contributed by atoms with E-state index in [2.05, 4.69) is 5.32 Å². The normalized spacial score (nSPS) is 13.6. The molecule has 3 rings (SSSR count). The van der Waals surface area contributed by atoms with Crippen LogP contribution in [-0.2, 0) is 13.0 Å². The first kappa shape index (κ1) is 11.8. The van der Waals surface area contributed by atoms with Gasteiger partial charge in [-0.25, -0.2) is 0 Å². The van der Waals surface area contributed by atoms with Gasteiger partial charge in [0.1, 0.15) is 12.4 Å². The predicted octanol–water partition coefficient (Wildman–Crippen LogP) is 2.55. The number of hydrogen-bond donors (Lipinski definition) is 1. The Labute approximate surface area is 112 Å². The van der Waals surface area contributed by atoms with Crippen molar-refractivity contribution in [3.63, 3.8) is 0 Å². The summed E-state index contributed by atoms with van der Waals surface area (Å²) >= 11 is 0. The summed E-state index contributed by atoms with van der Waals surface area (Å²) in [5.41, 5.74) is 2.94.